The van der Waals surface area contributed by atoms with Crippen molar-refractivity contribution in [2.45, 2.75) is 25.0 Å². The average Bonchev–Trinajstić information content (AvgIpc) is 2.91. The van der Waals surface area contributed by atoms with E-state index in [4.69, 9.17) is 0 Å². The number of nitrogens with zero attached hydrogens (tertiary/aromatic N) is 1. The predicted octanol–water partition coefficient (Wildman–Crippen LogP) is 0.521. The topological polar surface area (TPSA) is 56.4 Å². The number of carbonyl (C=O) groups excluding carboxylic acids is 1. The third-order valence-electron chi connectivity index (χ3n) is 4.29. The first-order valence-corrected chi connectivity index (χ1v) is 7.26. The highest BCUT2D eigenvalue weighted by molar-refractivity contribution is 5.85. The Morgan fingerprint density at radius 1 is 1.29 bits per heavy atom. The van der Waals surface area contributed by atoms with Crippen LogP contribution in [0.5, 0.6) is 0 Å². The van der Waals surface area contributed by atoms with Gasteiger partial charge in [-0.2, -0.15) is 0 Å². The second-order valence-electron chi connectivity index (χ2n) is 5.71. The second-order valence-corrected chi connectivity index (χ2v) is 5.71. The molecular weight excluding hydrogens is 288 g/mol. The van der Waals surface area contributed by atoms with Gasteiger partial charge in [-0.05, 0) is 18.5 Å². The van der Waals surface area contributed by atoms with E-state index in [2.05, 4.69) is 28.3 Å². The van der Waals surface area contributed by atoms with Crippen molar-refractivity contribution < 1.29 is 4.79 Å². The quantitative estimate of drug-likeness (QED) is 0.762. The maximum atomic E-state index is 12.6. The van der Waals surface area contributed by atoms with E-state index in [0.717, 1.165) is 25.1 Å². The Labute approximate surface area is 131 Å². The standard InChI is InChI=1S/C15H22N4O.ClH/c1-19(10-11-5-3-2-4-6-11)15(20)14-12-9-16-8-7-13(12)17-18-14;/h2-6,12-14,16-18H,7-10H2,1H3;1H. The van der Waals surface area contributed by atoms with Gasteiger partial charge in [-0.1, -0.05) is 30.3 Å². The first kappa shape index (κ1) is 16.2. The van der Waals surface area contributed by atoms with E-state index in [1.165, 1.54) is 0 Å². The van der Waals surface area contributed by atoms with Gasteiger partial charge < -0.3 is 10.2 Å². The van der Waals surface area contributed by atoms with E-state index in [1.807, 2.05) is 30.1 Å². The van der Waals surface area contributed by atoms with Gasteiger partial charge in [-0.25, -0.2) is 5.43 Å². The smallest absolute Gasteiger partial charge is 0.241 e. The van der Waals surface area contributed by atoms with Crippen molar-refractivity contribution >= 4 is 18.3 Å². The fourth-order valence-electron chi connectivity index (χ4n) is 3.13. The van der Waals surface area contributed by atoms with Gasteiger partial charge >= 0.3 is 0 Å². The Kier molecular flexibility index (Phi) is 5.58. The lowest BCUT2D eigenvalue weighted by molar-refractivity contribution is -0.133. The molecule has 2 aliphatic heterocycles. The van der Waals surface area contributed by atoms with Gasteiger partial charge in [0.15, 0.2) is 0 Å². The summed E-state index contributed by atoms with van der Waals surface area (Å²) in [4.78, 5) is 14.4. The maximum absolute atomic E-state index is 12.6. The SMILES string of the molecule is CN(Cc1ccccc1)C(=O)C1NNC2CCNCC21.Cl. The maximum Gasteiger partial charge on any atom is 0.241 e. The third kappa shape index (κ3) is 3.55. The first-order valence-electron chi connectivity index (χ1n) is 7.26. The summed E-state index contributed by atoms with van der Waals surface area (Å²) in [5.74, 6) is 0.507. The Morgan fingerprint density at radius 2 is 2.05 bits per heavy atom. The molecule has 2 aliphatic rings. The molecule has 0 bridgehead atoms. The van der Waals surface area contributed by atoms with Gasteiger partial charge in [0.1, 0.15) is 6.04 Å². The fourth-order valence-corrected chi connectivity index (χ4v) is 3.13. The highest BCUT2D eigenvalue weighted by Gasteiger charge is 2.41. The number of hydrogen-bond acceptors (Lipinski definition) is 4. The van der Waals surface area contributed by atoms with Crippen LogP contribution >= 0.6 is 12.4 Å². The lowest BCUT2D eigenvalue weighted by atomic mass is 9.89. The molecule has 2 fully saturated rings. The van der Waals surface area contributed by atoms with Crippen LogP contribution in [0, 0.1) is 5.92 Å². The van der Waals surface area contributed by atoms with E-state index in [1.54, 1.807) is 0 Å². The average molecular weight is 311 g/mol. The molecule has 1 aromatic rings. The molecule has 3 atom stereocenters. The molecule has 0 spiro atoms. The lowest BCUT2D eigenvalue weighted by Gasteiger charge is -2.29. The molecule has 1 amide bonds. The summed E-state index contributed by atoms with van der Waals surface area (Å²) in [5, 5.41) is 3.38. The van der Waals surface area contributed by atoms with Crippen LogP contribution in [-0.2, 0) is 11.3 Å². The van der Waals surface area contributed by atoms with Crippen molar-refractivity contribution in [3.8, 4) is 0 Å². The van der Waals surface area contributed by atoms with Crippen molar-refractivity contribution in [1.29, 1.82) is 0 Å². The van der Waals surface area contributed by atoms with E-state index in [-0.39, 0.29) is 24.4 Å². The Bertz CT molecular complexity index is 470. The zero-order valence-corrected chi connectivity index (χ0v) is 13.0. The predicted molar refractivity (Wildman–Crippen MR) is 85.0 cm³/mol. The number of nitrogens with one attached hydrogen (secondary N) is 3. The van der Waals surface area contributed by atoms with Crippen molar-refractivity contribution in [3.63, 3.8) is 0 Å². The van der Waals surface area contributed by atoms with Gasteiger partial charge in [0, 0.05) is 32.1 Å². The highest BCUT2D eigenvalue weighted by atomic mass is 35.5. The van der Waals surface area contributed by atoms with Crippen LogP contribution < -0.4 is 16.2 Å². The number of fused-ring (bicyclic) bond motifs is 1. The largest absolute Gasteiger partial charge is 0.340 e. The summed E-state index contributed by atoms with van der Waals surface area (Å²) >= 11 is 0. The summed E-state index contributed by atoms with van der Waals surface area (Å²) in [6.07, 6.45) is 1.07. The number of piperidine rings is 1. The number of amides is 1. The minimum Gasteiger partial charge on any atom is -0.340 e. The Hall–Kier alpha value is -1.14. The molecule has 0 radical (unpaired) electrons. The van der Waals surface area contributed by atoms with Crippen LogP contribution in [0.3, 0.4) is 0 Å². The van der Waals surface area contributed by atoms with Crippen LogP contribution in [0.15, 0.2) is 30.3 Å². The minimum atomic E-state index is -0.124. The molecule has 3 N–H and O–H groups in total. The van der Waals surface area contributed by atoms with Gasteiger partial charge in [-0.3, -0.25) is 10.2 Å². The number of rotatable bonds is 3. The number of hydrazine groups is 1. The van der Waals surface area contributed by atoms with Crippen molar-refractivity contribution in [2.24, 2.45) is 5.92 Å². The lowest BCUT2D eigenvalue weighted by Crippen LogP contribution is -2.49. The second kappa shape index (κ2) is 7.22. The summed E-state index contributed by atoms with van der Waals surface area (Å²) in [5.41, 5.74) is 7.61. The van der Waals surface area contributed by atoms with Crippen molar-refractivity contribution in [1.82, 2.24) is 21.1 Å². The van der Waals surface area contributed by atoms with Crippen LogP contribution in [0.2, 0.25) is 0 Å². The van der Waals surface area contributed by atoms with Gasteiger partial charge in [0.25, 0.3) is 0 Å². The Balaban J connectivity index is 0.00000161. The molecule has 21 heavy (non-hydrogen) atoms. The van der Waals surface area contributed by atoms with Crippen LogP contribution in [0.25, 0.3) is 0 Å². The number of benzene rings is 1. The van der Waals surface area contributed by atoms with E-state index >= 15 is 0 Å². The summed E-state index contributed by atoms with van der Waals surface area (Å²) < 4.78 is 0. The monoisotopic (exact) mass is 310 g/mol. The normalized spacial score (nSPS) is 27.6. The first-order chi connectivity index (χ1) is 9.75. The molecule has 5 nitrogen and oxygen atoms in total. The summed E-state index contributed by atoms with van der Waals surface area (Å²) in [6.45, 7) is 2.58. The summed E-state index contributed by atoms with van der Waals surface area (Å²) in [7, 11) is 1.88. The fraction of sp³-hybridized carbons (Fsp3) is 0.533. The molecule has 0 aromatic heterocycles. The summed E-state index contributed by atoms with van der Waals surface area (Å²) in [6, 6.07) is 10.4. The number of carbonyl (C=O) groups is 1. The molecule has 3 rings (SSSR count). The molecule has 116 valence electrons. The molecule has 1 aromatic carbocycles. The highest BCUT2D eigenvalue weighted by Crippen LogP contribution is 2.21. The van der Waals surface area contributed by atoms with Gasteiger partial charge in [0.05, 0.1) is 0 Å². The van der Waals surface area contributed by atoms with E-state index in [0.29, 0.717) is 18.5 Å². The Morgan fingerprint density at radius 3 is 2.81 bits per heavy atom. The zero-order chi connectivity index (χ0) is 13.9. The minimum absolute atomic E-state index is 0. The van der Waals surface area contributed by atoms with Crippen molar-refractivity contribution in [3.05, 3.63) is 35.9 Å². The van der Waals surface area contributed by atoms with Crippen LogP contribution in [0.4, 0.5) is 0 Å². The third-order valence-corrected chi connectivity index (χ3v) is 4.29. The van der Waals surface area contributed by atoms with Crippen LogP contribution in [0.1, 0.15) is 12.0 Å². The zero-order valence-electron chi connectivity index (χ0n) is 12.2. The van der Waals surface area contributed by atoms with E-state index in [9.17, 15) is 4.79 Å². The molecular formula is C15H23ClN4O. The molecule has 0 saturated carbocycles. The number of likely N-dealkylation sites (N-methyl/N-ethyl adjacent to an activating group) is 1. The number of halogens is 1. The molecule has 0 aliphatic carbocycles. The number of hydrogen-bond donors (Lipinski definition) is 3. The van der Waals surface area contributed by atoms with Gasteiger partial charge in [0.2, 0.25) is 5.91 Å². The van der Waals surface area contributed by atoms with E-state index < -0.39 is 0 Å². The van der Waals surface area contributed by atoms with Crippen molar-refractivity contribution in [2.75, 3.05) is 20.1 Å². The van der Waals surface area contributed by atoms with Gasteiger partial charge in [-0.15, -0.1) is 12.4 Å². The van der Waals surface area contributed by atoms with Crippen LogP contribution in [-0.4, -0.2) is 43.0 Å². The molecule has 2 heterocycles. The molecule has 3 unspecified atom stereocenters. The molecule has 2 saturated heterocycles. The molecule has 6 heteroatoms.